The number of nitrogens with zero attached hydrogens (tertiary/aromatic N) is 4. The molecule has 1 atom stereocenters. The van der Waals surface area contributed by atoms with Crippen LogP contribution in [0.15, 0.2) is 191 Å². The minimum atomic E-state index is -1.29. The Labute approximate surface area is 311 Å². The lowest BCUT2D eigenvalue weighted by Gasteiger charge is -2.45. The van der Waals surface area contributed by atoms with Crippen LogP contribution in [0.2, 0.25) is 0 Å². The van der Waals surface area contributed by atoms with Gasteiger partial charge in [-0.2, -0.15) is 0 Å². The topological polar surface area (TPSA) is 87.8 Å². The molecule has 1 heterocycles. The van der Waals surface area contributed by atoms with Crippen LogP contribution in [0.25, 0.3) is 11.1 Å². The van der Waals surface area contributed by atoms with Crippen LogP contribution in [0.3, 0.4) is 0 Å². The summed E-state index contributed by atoms with van der Waals surface area (Å²) >= 11 is 0. The molecule has 0 unspecified atom stereocenters. The number of hydrogen-bond donors (Lipinski definition) is 1. The molecular weight excluding hydrogens is 655 g/mol. The van der Waals surface area contributed by atoms with Crippen molar-refractivity contribution in [2.75, 3.05) is 0 Å². The molecule has 0 fully saturated rings. The monoisotopic (exact) mass is 697 g/mol. The lowest BCUT2D eigenvalue weighted by molar-refractivity contribution is -0.157. The summed E-state index contributed by atoms with van der Waals surface area (Å²) in [4.78, 5) is 13.3. The first-order chi connectivity index (χ1) is 25.8. The van der Waals surface area contributed by atoms with Crippen molar-refractivity contribution in [2.45, 2.75) is 56.5 Å². The summed E-state index contributed by atoms with van der Waals surface area (Å²) in [6.07, 6.45) is 0.526. The summed E-state index contributed by atoms with van der Waals surface area (Å²) in [5.41, 5.74) is 5.19. The maximum Gasteiger partial charge on any atom is 0.324 e. The summed E-state index contributed by atoms with van der Waals surface area (Å²) in [5.74, 6) is -0.268. The Balaban J connectivity index is 1.28. The number of nitrogens with one attached hydrogen (secondary N) is 1. The molecule has 0 aromatic heterocycles. The van der Waals surface area contributed by atoms with Gasteiger partial charge in [0, 0.05) is 12.1 Å². The maximum atomic E-state index is 13.3. The molecule has 0 radical (unpaired) electrons. The number of rotatable bonds is 12. The second kappa shape index (κ2) is 15.3. The minimum Gasteiger partial charge on any atom is -0.459 e. The van der Waals surface area contributed by atoms with Gasteiger partial charge in [0.25, 0.3) is 0 Å². The summed E-state index contributed by atoms with van der Waals surface area (Å²) in [5, 5.41) is 22.0. The summed E-state index contributed by atoms with van der Waals surface area (Å²) in [6, 6.07) is 57.4. The molecule has 1 aliphatic rings. The average molecular weight is 698 g/mol. The van der Waals surface area contributed by atoms with E-state index in [1.807, 2.05) is 81.4 Å². The summed E-state index contributed by atoms with van der Waals surface area (Å²) in [7, 11) is 0. The smallest absolute Gasteiger partial charge is 0.324 e. The predicted molar refractivity (Wildman–Crippen MR) is 209 cm³/mol. The standard InChI is InChI=1S/C46H43N5O2/c1-44(2,3)53-43(52)42(32-34-18-8-4-9-19-34)47-33-35-28-30-36(31-29-35)40-26-16-17-27-41(40)46(48-50-51-49-46)45(37-20-10-5-11-21-37,38-22-12-6-13-23-38)39-24-14-7-15-25-39/h4-31,42,47H,32-33H2,1-3H3/t42-/m0/s1. The predicted octanol–water partition coefficient (Wildman–Crippen LogP) is 10.4. The third-order valence-corrected chi connectivity index (χ3v) is 9.66. The van der Waals surface area contributed by atoms with Gasteiger partial charge in [-0.1, -0.05) is 170 Å². The lowest BCUT2D eigenvalue weighted by Crippen LogP contribution is -2.48. The van der Waals surface area contributed by atoms with Gasteiger partial charge in [-0.3, -0.25) is 4.79 Å². The molecule has 0 spiro atoms. The Hall–Kier alpha value is -6.05. The molecule has 1 N–H and O–H groups in total. The Morgan fingerprint density at radius 2 is 1.08 bits per heavy atom. The van der Waals surface area contributed by atoms with E-state index in [1.54, 1.807) is 0 Å². The second-order valence-corrected chi connectivity index (χ2v) is 14.3. The highest BCUT2D eigenvalue weighted by Crippen LogP contribution is 2.58. The molecule has 0 amide bonds. The van der Waals surface area contributed by atoms with Crippen LogP contribution < -0.4 is 5.32 Å². The van der Waals surface area contributed by atoms with Gasteiger partial charge < -0.3 is 10.1 Å². The molecule has 0 aliphatic carbocycles. The molecule has 53 heavy (non-hydrogen) atoms. The van der Waals surface area contributed by atoms with E-state index < -0.39 is 22.7 Å². The van der Waals surface area contributed by atoms with E-state index in [-0.39, 0.29) is 5.97 Å². The number of ether oxygens (including phenoxy) is 1. The van der Waals surface area contributed by atoms with Crippen LogP contribution in [-0.4, -0.2) is 17.6 Å². The maximum absolute atomic E-state index is 13.3. The molecule has 7 nitrogen and oxygen atoms in total. The molecular formula is C46H43N5O2. The van der Waals surface area contributed by atoms with Crippen molar-refractivity contribution in [3.8, 4) is 11.1 Å². The zero-order chi connectivity index (χ0) is 36.7. The third-order valence-electron chi connectivity index (χ3n) is 9.66. The Kier molecular flexibility index (Phi) is 10.2. The normalized spacial score (nSPS) is 14.2. The van der Waals surface area contributed by atoms with Crippen LogP contribution in [-0.2, 0) is 33.6 Å². The fourth-order valence-electron chi connectivity index (χ4n) is 7.36. The molecule has 6 aromatic carbocycles. The van der Waals surface area contributed by atoms with Crippen molar-refractivity contribution >= 4 is 5.97 Å². The molecule has 264 valence electrons. The van der Waals surface area contributed by atoms with Crippen molar-refractivity contribution in [1.29, 1.82) is 0 Å². The zero-order valence-corrected chi connectivity index (χ0v) is 30.3. The molecule has 7 rings (SSSR count). The molecule has 0 saturated heterocycles. The fourth-order valence-corrected chi connectivity index (χ4v) is 7.36. The zero-order valence-electron chi connectivity index (χ0n) is 30.3. The molecule has 7 heteroatoms. The Bertz CT molecular complexity index is 2070. The molecule has 0 saturated carbocycles. The van der Waals surface area contributed by atoms with Crippen molar-refractivity contribution < 1.29 is 9.53 Å². The van der Waals surface area contributed by atoms with E-state index in [1.165, 1.54) is 0 Å². The van der Waals surface area contributed by atoms with Gasteiger partial charge in [-0.15, -0.1) is 10.2 Å². The number of carbonyl (C=O) groups excluding carboxylic acids is 1. The van der Waals surface area contributed by atoms with Gasteiger partial charge >= 0.3 is 5.97 Å². The number of esters is 1. The SMILES string of the molecule is CC(C)(C)OC(=O)[C@H](Cc1ccccc1)NCc1ccc(-c2ccccc2C2(C(c3ccccc3)(c3ccccc3)c3ccccc3)N=NN=N2)cc1. The van der Waals surface area contributed by atoms with Gasteiger partial charge in [0.1, 0.15) is 11.6 Å². The highest BCUT2D eigenvalue weighted by Gasteiger charge is 2.60. The van der Waals surface area contributed by atoms with E-state index >= 15 is 0 Å². The summed E-state index contributed by atoms with van der Waals surface area (Å²) < 4.78 is 5.80. The van der Waals surface area contributed by atoms with Crippen molar-refractivity contribution in [2.24, 2.45) is 20.7 Å². The molecule has 6 aromatic rings. The highest BCUT2D eigenvalue weighted by molar-refractivity contribution is 5.77. The van der Waals surface area contributed by atoms with Crippen LogP contribution in [0.5, 0.6) is 0 Å². The van der Waals surface area contributed by atoms with E-state index in [0.717, 1.165) is 44.5 Å². The minimum absolute atomic E-state index is 0.268. The van der Waals surface area contributed by atoms with E-state index in [0.29, 0.717) is 13.0 Å². The van der Waals surface area contributed by atoms with Crippen LogP contribution in [0.4, 0.5) is 0 Å². The molecule has 0 bridgehead atoms. The van der Waals surface area contributed by atoms with Gasteiger partial charge in [-0.25, -0.2) is 0 Å². The van der Waals surface area contributed by atoms with E-state index in [4.69, 9.17) is 15.0 Å². The molecule has 1 aliphatic heterocycles. The van der Waals surface area contributed by atoms with Crippen LogP contribution in [0, 0.1) is 0 Å². The largest absolute Gasteiger partial charge is 0.459 e. The first-order valence-corrected chi connectivity index (χ1v) is 18.0. The fraction of sp³-hybridized carbons (Fsp3) is 0.196. The lowest BCUT2D eigenvalue weighted by atomic mass is 9.59. The number of benzene rings is 6. The van der Waals surface area contributed by atoms with Gasteiger partial charge in [0.05, 0.1) is 5.41 Å². The van der Waals surface area contributed by atoms with Gasteiger partial charge in [0.15, 0.2) is 0 Å². The first kappa shape index (κ1) is 35.4. The van der Waals surface area contributed by atoms with Crippen molar-refractivity contribution in [1.82, 2.24) is 5.32 Å². The van der Waals surface area contributed by atoms with E-state index in [9.17, 15) is 4.79 Å². The first-order valence-electron chi connectivity index (χ1n) is 18.0. The Morgan fingerprint density at radius 1 is 0.604 bits per heavy atom. The highest BCUT2D eigenvalue weighted by atomic mass is 16.6. The van der Waals surface area contributed by atoms with Crippen molar-refractivity contribution in [3.63, 3.8) is 0 Å². The van der Waals surface area contributed by atoms with Gasteiger partial charge in [-0.05, 0) is 76.6 Å². The quantitative estimate of drug-likeness (QED) is 0.102. The van der Waals surface area contributed by atoms with Crippen LogP contribution >= 0.6 is 0 Å². The van der Waals surface area contributed by atoms with Crippen molar-refractivity contribution in [3.05, 3.63) is 203 Å². The van der Waals surface area contributed by atoms with E-state index in [2.05, 4.69) is 125 Å². The van der Waals surface area contributed by atoms with Crippen LogP contribution in [0.1, 0.15) is 54.2 Å². The second-order valence-electron chi connectivity index (χ2n) is 14.3. The third kappa shape index (κ3) is 7.21. The van der Waals surface area contributed by atoms with Gasteiger partial charge in [0.2, 0.25) is 5.66 Å². The number of hydrogen-bond acceptors (Lipinski definition) is 7. The summed E-state index contributed by atoms with van der Waals surface area (Å²) in [6.45, 7) is 6.17. The average Bonchev–Trinajstić information content (AvgIpc) is 3.69. The Morgan fingerprint density at radius 3 is 1.58 bits per heavy atom. The number of carbonyl (C=O) groups is 1.